The van der Waals surface area contributed by atoms with E-state index in [0.717, 1.165) is 23.2 Å². The van der Waals surface area contributed by atoms with Crippen LogP contribution < -0.4 is 0 Å². The summed E-state index contributed by atoms with van der Waals surface area (Å²) in [6, 6.07) is 0.837. The standard InChI is InChI=1S/C13H16BrF2NO3S/c1-17(11-4-2-3-5-12(11)18)21(19,20)13-9(14)6-8(15)7-10(13)16/h6-7,11-12,18H,2-5H2,1H3. The van der Waals surface area contributed by atoms with Crippen LogP contribution in [0.4, 0.5) is 8.78 Å². The van der Waals surface area contributed by atoms with E-state index in [1.165, 1.54) is 7.05 Å². The van der Waals surface area contributed by atoms with Crippen LogP contribution in [0, 0.1) is 11.6 Å². The average molecular weight is 384 g/mol. The van der Waals surface area contributed by atoms with Gasteiger partial charge in [-0.25, -0.2) is 17.2 Å². The maximum atomic E-state index is 13.9. The number of likely N-dealkylation sites (N-methyl/N-ethyl adjacent to an activating group) is 1. The molecule has 0 spiro atoms. The van der Waals surface area contributed by atoms with Crippen LogP contribution in [0.25, 0.3) is 0 Å². The minimum Gasteiger partial charge on any atom is -0.391 e. The molecule has 0 aliphatic heterocycles. The molecule has 2 rings (SSSR count). The third kappa shape index (κ3) is 3.28. The average Bonchev–Trinajstić information content (AvgIpc) is 2.36. The first-order valence-electron chi connectivity index (χ1n) is 6.56. The van der Waals surface area contributed by atoms with Gasteiger partial charge in [0.05, 0.1) is 12.1 Å². The van der Waals surface area contributed by atoms with Gasteiger partial charge in [0, 0.05) is 17.6 Å². The highest BCUT2D eigenvalue weighted by Crippen LogP contribution is 2.32. The quantitative estimate of drug-likeness (QED) is 0.872. The van der Waals surface area contributed by atoms with Gasteiger partial charge >= 0.3 is 0 Å². The topological polar surface area (TPSA) is 57.6 Å². The largest absolute Gasteiger partial charge is 0.391 e. The highest BCUT2D eigenvalue weighted by Gasteiger charge is 2.36. The van der Waals surface area contributed by atoms with Crippen LogP contribution in [0.15, 0.2) is 21.5 Å². The molecule has 4 nitrogen and oxygen atoms in total. The van der Waals surface area contributed by atoms with Crippen LogP contribution >= 0.6 is 15.9 Å². The van der Waals surface area contributed by atoms with E-state index in [2.05, 4.69) is 15.9 Å². The van der Waals surface area contributed by atoms with Crippen LogP contribution in [-0.4, -0.2) is 37.0 Å². The molecule has 21 heavy (non-hydrogen) atoms. The lowest BCUT2D eigenvalue weighted by atomic mass is 9.93. The lowest BCUT2D eigenvalue weighted by Crippen LogP contribution is -2.46. The maximum absolute atomic E-state index is 13.9. The SMILES string of the molecule is CN(C1CCCCC1O)S(=O)(=O)c1c(F)cc(F)cc1Br. The highest BCUT2D eigenvalue weighted by molar-refractivity contribution is 9.10. The van der Waals surface area contributed by atoms with Crippen molar-refractivity contribution in [2.45, 2.75) is 42.7 Å². The summed E-state index contributed by atoms with van der Waals surface area (Å²) in [4.78, 5) is -0.607. The minimum atomic E-state index is -4.16. The van der Waals surface area contributed by atoms with Crippen molar-refractivity contribution in [3.8, 4) is 0 Å². The molecule has 0 bridgehead atoms. The van der Waals surface area contributed by atoms with Gasteiger partial charge in [0.1, 0.15) is 16.5 Å². The van der Waals surface area contributed by atoms with Gasteiger partial charge in [-0.05, 0) is 34.8 Å². The molecular weight excluding hydrogens is 368 g/mol. The molecule has 1 fully saturated rings. The van der Waals surface area contributed by atoms with Gasteiger partial charge in [0.25, 0.3) is 0 Å². The fourth-order valence-corrected chi connectivity index (χ4v) is 5.14. The molecular formula is C13H16BrF2NO3S. The summed E-state index contributed by atoms with van der Waals surface area (Å²) in [6.45, 7) is 0. The molecule has 118 valence electrons. The van der Waals surface area contributed by atoms with Gasteiger partial charge < -0.3 is 5.11 Å². The number of hydrogen-bond acceptors (Lipinski definition) is 3. The molecule has 1 N–H and O–H groups in total. The second-order valence-corrected chi connectivity index (χ2v) is 7.93. The van der Waals surface area contributed by atoms with E-state index in [1.807, 2.05) is 0 Å². The van der Waals surface area contributed by atoms with Crippen LogP contribution in [0.3, 0.4) is 0 Å². The smallest absolute Gasteiger partial charge is 0.247 e. The first-order chi connectivity index (χ1) is 9.75. The minimum absolute atomic E-state index is 0.169. The Balaban J connectivity index is 2.42. The highest BCUT2D eigenvalue weighted by atomic mass is 79.9. The lowest BCUT2D eigenvalue weighted by molar-refractivity contribution is 0.0637. The molecule has 0 heterocycles. The summed E-state index contributed by atoms with van der Waals surface area (Å²) in [5.41, 5.74) is 0. The number of sulfonamides is 1. The van der Waals surface area contributed by atoms with Crippen molar-refractivity contribution in [2.75, 3.05) is 7.05 Å². The summed E-state index contributed by atoms with van der Waals surface area (Å²) in [5, 5.41) is 9.96. The Kier molecular flexibility index (Phi) is 5.02. The lowest BCUT2D eigenvalue weighted by Gasteiger charge is -2.34. The van der Waals surface area contributed by atoms with Crippen molar-refractivity contribution in [1.29, 1.82) is 0 Å². The molecule has 2 atom stereocenters. The van der Waals surface area contributed by atoms with Gasteiger partial charge in [-0.15, -0.1) is 0 Å². The summed E-state index contributed by atoms with van der Waals surface area (Å²) >= 11 is 2.89. The summed E-state index contributed by atoms with van der Waals surface area (Å²) < 4.78 is 52.9. The first-order valence-corrected chi connectivity index (χ1v) is 8.79. The van der Waals surface area contributed by atoms with Crippen molar-refractivity contribution in [3.63, 3.8) is 0 Å². The second-order valence-electron chi connectivity index (χ2n) is 5.14. The Labute approximate surface area is 130 Å². The number of halogens is 3. The van der Waals surface area contributed by atoms with Crippen molar-refractivity contribution in [2.24, 2.45) is 0 Å². The Hall–Kier alpha value is -0.570. The number of benzene rings is 1. The maximum Gasteiger partial charge on any atom is 0.247 e. The first kappa shape index (κ1) is 16.8. The van der Waals surface area contributed by atoms with Gasteiger partial charge in [0.2, 0.25) is 10.0 Å². The molecule has 0 radical (unpaired) electrons. The molecule has 0 saturated heterocycles. The van der Waals surface area contributed by atoms with Crippen LogP contribution in [0.2, 0.25) is 0 Å². The molecule has 2 unspecified atom stereocenters. The summed E-state index contributed by atoms with van der Waals surface area (Å²) in [6.07, 6.45) is 1.88. The predicted molar refractivity (Wildman–Crippen MR) is 77.3 cm³/mol. The summed E-state index contributed by atoms with van der Waals surface area (Å²) in [5.74, 6) is -2.02. The number of rotatable bonds is 3. The van der Waals surface area contributed by atoms with Gasteiger partial charge in [-0.1, -0.05) is 12.8 Å². The number of nitrogens with zero attached hydrogens (tertiary/aromatic N) is 1. The van der Waals surface area contributed by atoms with Gasteiger partial charge in [-0.3, -0.25) is 0 Å². The molecule has 1 aliphatic carbocycles. The van der Waals surface area contributed by atoms with Gasteiger partial charge in [-0.2, -0.15) is 4.31 Å². The monoisotopic (exact) mass is 383 g/mol. The number of hydrogen-bond donors (Lipinski definition) is 1. The van der Waals surface area contributed by atoms with E-state index in [1.54, 1.807) is 0 Å². The van der Waals surface area contributed by atoms with Crippen molar-refractivity contribution >= 4 is 26.0 Å². The zero-order valence-corrected chi connectivity index (χ0v) is 13.8. The summed E-state index contributed by atoms with van der Waals surface area (Å²) in [7, 11) is -2.86. The van der Waals surface area contributed by atoms with Crippen molar-refractivity contribution < 1.29 is 22.3 Å². The molecule has 1 saturated carbocycles. The zero-order valence-electron chi connectivity index (χ0n) is 11.4. The Morgan fingerprint density at radius 3 is 2.48 bits per heavy atom. The molecule has 0 aromatic heterocycles. The van der Waals surface area contributed by atoms with Crippen molar-refractivity contribution in [1.82, 2.24) is 4.31 Å². The van der Waals surface area contributed by atoms with E-state index in [4.69, 9.17) is 0 Å². The van der Waals surface area contributed by atoms with E-state index in [-0.39, 0.29) is 4.47 Å². The molecule has 0 amide bonds. The number of aliphatic hydroxyl groups excluding tert-OH is 1. The molecule has 1 aromatic carbocycles. The van der Waals surface area contributed by atoms with Gasteiger partial charge in [0.15, 0.2) is 0 Å². The van der Waals surface area contributed by atoms with E-state index >= 15 is 0 Å². The zero-order chi connectivity index (χ0) is 15.8. The Bertz CT molecular complexity index is 615. The Morgan fingerprint density at radius 2 is 1.90 bits per heavy atom. The van der Waals surface area contributed by atoms with E-state index in [9.17, 15) is 22.3 Å². The predicted octanol–water partition coefficient (Wildman–Crippen LogP) is 2.65. The second kappa shape index (κ2) is 6.28. The van der Waals surface area contributed by atoms with E-state index < -0.39 is 38.7 Å². The van der Waals surface area contributed by atoms with E-state index in [0.29, 0.717) is 18.9 Å². The molecule has 1 aliphatic rings. The molecule has 1 aromatic rings. The van der Waals surface area contributed by atoms with Crippen LogP contribution in [-0.2, 0) is 10.0 Å². The Morgan fingerprint density at radius 1 is 1.29 bits per heavy atom. The third-order valence-electron chi connectivity index (χ3n) is 3.76. The molecule has 8 heteroatoms. The fourth-order valence-electron chi connectivity index (χ4n) is 2.61. The number of aliphatic hydroxyl groups is 1. The van der Waals surface area contributed by atoms with Crippen LogP contribution in [0.1, 0.15) is 25.7 Å². The third-order valence-corrected chi connectivity index (χ3v) is 6.61. The van der Waals surface area contributed by atoms with Crippen LogP contribution in [0.5, 0.6) is 0 Å². The van der Waals surface area contributed by atoms with Crippen molar-refractivity contribution in [3.05, 3.63) is 28.2 Å². The normalized spacial score (nSPS) is 23.5. The fraction of sp³-hybridized carbons (Fsp3) is 0.538.